The van der Waals surface area contributed by atoms with Crippen molar-refractivity contribution in [2.75, 3.05) is 0 Å². The van der Waals surface area contributed by atoms with Crippen molar-refractivity contribution in [2.45, 2.75) is 24.5 Å². The van der Waals surface area contributed by atoms with E-state index in [4.69, 9.17) is 4.42 Å². The molecule has 0 fully saturated rings. The molecule has 0 atom stereocenters. The highest BCUT2D eigenvalue weighted by Crippen LogP contribution is 2.27. The summed E-state index contributed by atoms with van der Waals surface area (Å²) < 4.78 is 5.62. The number of fused-ring (bicyclic) bond motifs is 3. The third kappa shape index (κ3) is 2.61. The number of furan rings is 1. The Morgan fingerprint density at radius 2 is 1.96 bits per heavy atom. The monoisotopic (exact) mass is 336 g/mol. The first-order valence-corrected chi connectivity index (χ1v) is 8.71. The maximum absolute atomic E-state index is 12.3. The van der Waals surface area contributed by atoms with E-state index in [2.05, 4.69) is 42.0 Å². The highest BCUT2D eigenvalue weighted by Gasteiger charge is 2.13. The zero-order chi connectivity index (χ0) is 16.7. The fourth-order valence-corrected chi connectivity index (χ4v) is 3.54. The minimum absolute atomic E-state index is 0.230. The number of hydrogen-bond donors (Lipinski definition) is 1. The van der Waals surface area contributed by atoms with E-state index in [1.165, 1.54) is 11.1 Å². The SMILES string of the molecule is Cc1ccc(SCc2nc3c(oc4ccccc43)c(=O)[nH]2)cc1C. The van der Waals surface area contributed by atoms with Crippen molar-refractivity contribution in [1.29, 1.82) is 0 Å². The maximum atomic E-state index is 12.3. The normalized spacial score (nSPS) is 11.4. The van der Waals surface area contributed by atoms with E-state index in [9.17, 15) is 4.79 Å². The van der Waals surface area contributed by atoms with Gasteiger partial charge in [-0.25, -0.2) is 4.98 Å². The molecule has 2 aromatic heterocycles. The van der Waals surface area contributed by atoms with Crippen molar-refractivity contribution in [2.24, 2.45) is 0 Å². The number of rotatable bonds is 3. The lowest BCUT2D eigenvalue weighted by Gasteiger charge is -2.05. The number of H-pyrrole nitrogens is 1. The summed E-state index contributed by atoms with van der Waals surface area (Å²) in [5.41, 5.74) is 3.91. The summed E-state index contributed by atoms with van der Waals surface area (Å²) in [5, 5.41) is 0.871. The number of para-hydroxylation sites is 1. The second-order valence-corrected chi connectivity index (χ2v) is 6.87. The Morgan fingerprint density at radius 3 is 2.79 bits per heavy atom. The van der Waals surface area contributed by atoms with Crippen LogP contribution < -0.4 is 5.56 Å². The van der Waals surface area contributed by atoms with Gasteiger partial charge in [0.2, 0.25) is 5.58 Å². The van der Waals surface area contributed by atoms with Crippen LogP contribution in [-0.4, -0.2) is 9.97 Å². The van der Waals surface area contributed by atoms with Crippen LogP contribution in [0.5, 0.6) is 0 Å². The number of benzene rings is 2. The average Bonchev–Trinajstić information content (AvgIpc) is 2.95. The zero-order valence-corrected chi connectivity index (χ0v) is 14.2. The summed E-state index contributed by atoms with van der Waals surface area (Å²) in [6.07, 6.45) is 0. The van der Waals surface area contributed by atoms with Crippen molar-refractivity contribution in [3.63, 3.8) is 0 Å². The molecule has 4 nitrogen and oxygen atoms in total. The Bertz CT molecular complexity index is 1110. The van der Waals surface area contributed by atoms with Crippen LogP contribution in [0.3, 0.4) is 0 Å². The highest BCUT2D eigenvalue weighted by molar-refractivity contribution is 7.98. The molecule has 0 bridgehead atoms. The second kappa shape index (κ2) is 5.83. The number of aromatic amines is 1. The number of nitrogens with one attached hydrogen (secondary N) is 1. The van der Waals surface area contributed by atoms with Crippen molar-refractivity contribution >= 4 is 33.8 Å². The molecule has 0 radical (unpaired) electrons. The van der Waals surface area contributed by atoms with Crippen molar-refractivity contribution in [3.8, 4) is 0 Å². The van der Waals surface area contributed by atoms with Gasteiger partial charge in [0.05, 0.1) is 5.75 Å². The lowest BCUT2D eigenvalue weighted by atomic mass is 10.1. The minimum atomic E-state index is -0.230. The lowest BCUT2D eigenvalue weighted by Crippen LogP contribution is -2.10. The third-order valence-corrected chi connectivity index (χ3v) is 5.14. The molecule has 120 valence electrons. The molecular formula is C19H16N2O2S. The van der Waals surface area contributed by atoms with Gasteiger partial charge in [0.1, 0.15) is 16.9 Å². The van der Waals surface area contributed by atoms with Gasteiger partial charge in [-0.05, 0) is 49.2 Å². The number of nitrogens with zero attached hydrogens (tertiary/aromatic N) is 1. The number of hydrogen-bond acceptors (Lipinski definition) is 4. The standard InChI is InChI=1S/C19H16N2O2S/c1-11-7-8-13(9-12(11)2)24-10-16-20-17-14-5-3-4-6-15(14)23-18(17)19(22)21-16/h3-9H,10H2,1-2H3,(H,20,21,22). The fourth-order valence-electron chi connectivity index (χ4n) is 2.67. The van der Waals surface area contributed by atoms with Crippen LogP contribution in [0.1, 0.15) is 17.0 Å². The third-order valence-electron chi connectivity index (χ3n) is 4.13. The number of aromatic nitrogens is 2. The quantitative estimate of drug-likeness (QED) is 0.556. The van der Waals surface area contributed by atoms with Crippen molar-refractivity contribution < 1.29 is 4.42 Å². The maximum Gasteiger partial charge on any atom is 0.294 e. The van der Waals surface area contributed by atoms with Crippen LogP contribution in [-0.2, 0) is 5.75 Å². The molecule has 4 aromatic rings. The van der Waals surface area contributed by atoms with Gasteiger partial charge >= 0.3 is 0 Å². The molecule has 0 aliphatic rings. The fraction of sp³-hybridized carbons (Fsp3) is 0.158. The molecule has 0 aliphatic heterocycles. The van der Waals surface area contributed by atoms with E-state index < -0.39 is 0 Å². The summed E-state index contributed by atoms with van der Waals surface area (Å²) in [6, 6.07) is 13.9. The van der Waals surface area contributed by atoms with Crippen molar-refractivity contribution in [3.05, 3.63) is 69.8 Å². The molecule has 5 heteroatoms. The Balaban J connectivity index is 1.70. The number of aryl methyl sites for hydroxylation is 2. The summed E-state index contributed by atoms with van der Waals surface area (Å²) in [6.45, 7) is 4.20. The van der Waals surface area contributed by atoms with Crippen LogP contribution in [0.15, 0.2) is 56.6 Å². The van der Waals surface area contributed by atoms with Gasteiger partial charge in [-0.15, -0.1) is 11.8 Å². The Morgan fingerprint density at radius 1 is 1.12 bits per heavy atom. The van der Waals surface area contributed by atoms with Crippen molar-refractivity contribution in [1.82, 2.24) is 9.97 Å². The number of thioether (sulfide) groups is 1. The van der Waals surface area contributed by atoms with Crippen LogP contribution in [0.25, 0.3) is 22.1 Å². The van der Waals surface area contributed by atoms with Crippen LogP contribution in [0, 0.1) is 13.8 Å². The van der Waals surface area contributed by atoms with E-state index >= 15 is 0 Å². The molecule has 0 aliphatic carbocycles. The Labute approximate surface area is 142 Å². The molecule has 0 amide bonds. The van der Waals surface area contributed by atoms with Gasteiger partial charge in [0.15, 0.2) is 0 Å². The smallest absolute Gasteiger partial charge is 0.294 e. The van der Waals surface area contributed by atoms with Crippen LogP contribution >= 0.6 is 11.8 Å². The van der Waals surface area contributed by atoms with Gasteiger partial charge < -0.3 is 9.40 Å². The lowest BCUT2D eigenvalue weighted by molar-refractivity contribution is 0.660. The Hall–Kier alpha value is -2.53. The van der Waals surface area contributed by atoms with Gasteiger partial charge in [-0.1, -0.05) is 18.2 Å². The van der Waals surface area contributed by atoms with Gasteiger partial charge in [-0.2, -0.15) is 0 Å². The molecular weight excluding hydrogens is 320 g/mol. The molecule has 24 heavy (non-hydrogen) atoms. The van der Waals surface area contributed by atoms with Crippen LogP contribution in [0.2, 0.25) is 0 Å². The minimum Gasteiger partial charge on any atom is -0.449 e. The molecule has 2 aromatic carbocycles. The van der Waals surface area contributed by atoms with E-state index in [-0.39, 0.29) is 11.1 Å². The van der Waals surface area contributed by atoms with E-state index in [0.717, 1.165) is 10.3 Å². The molecule has 0 saturated carbocycles. The predicted molar refractivity (Wildman–Crippen MR) is 97.6 cm³/mol. The van der Waals surface area contributed by atoms with Crippen LogP contribution in [0.4, 0.5) is 0 Å². The second-order valence-electron chi connectivity index (χ2n) is 5.82. The molecule has 0 saturated heterocycles. The molecule has 0 unspecified atom stereocenters. The molecule has 0 spiro atoms. The first kappa shape index (κ1) is 15.0. The van der Waals surface area contributed by atoms with Gasteiger partial charge in [0.25, 0.3) is 5.56 Å². The molecule has 4 rings (SSSR count). The van der Waals surface area contributed by atoms with Gasteiger partial charge in [0, 0.05) is 10.3 Å². The van der Waals surface area contributed by atoms with E-state index in [1.54, 1.807) is 11.8 Å². The first-order valence-electron chi connectivity index (χ1n) is 7.72. The van der Waals surface area contributed by atoms with Gasteiger partial charge in [-0.3, -0.25) is 4.79 Å². The summed E-state index contributed by atoms with van der Waals surface area (Å²) in [4.78, 5) is 20.9. The zero-order valence-electron chi connectivity index (χ0n) is 13.4. The topological polar surface area (TPSA) is 58.9 Å². The first-order chi connectivity index (χ1) is 11.6. The molecule has 2 heterocycles. The molecule has 1 N–H and O–H groups in total. The predicted octanol–water partition coefficient (Wildman–Crippen LogP) is 4.58. The van der Waals surface area contributed by atoms with E-state index in [0.29, 0.717) is 22.7 Å². The largest absolute Gasteiger partial charge is 0.449 e. The summed E-state index contributed by atoms with van der Waals surface area (Å²) in [7, 11) is 0. The average molecular weight is 336 g/mol. The van der Waals surface area contributed by atoms with E-state index in [1.807, 2.05) is 24.3 Å². The summed E-state index contributed by atoms with van der Waals surface area (Å²) >= 11 is 1.66. The Kier molecular flexibility index (Phi) is 3.65. The highest BCUT2D eigenvalue weighted by atomic mass is 32.2. The summed E-state index contributed by atoms with van der Waals surface area (Å²) in [5.74, 6) is 1.26.